The Hall–Kier alpha value is -1.95. The summed E-state index contributed by atoms with van der Waals surface area (Å²) in [5, 5.41) is 2.16. The first-order valence-corrected chi connectivity index (χ1v) is 10.1. The number of hydrogen-bond acceptors (Lipinski definition) is 4. The van der Waals surface area contributed by atoms with Crippen LogP contribution in [0, 0.1) is 6.92 Å². The second kappa shape index (κ2) is 6.34. The molecule has 1 atom stereocenters. The molecule has 5 heteroatoms. The van der Waals surface area contributed by atoms with Crippen molar-refractivity contribution in [1.82, 2.24) is 14.5 Å². The van der Waals surface area contributed by atoms with Crippen LogP contribution in [0.25, 0.3) is 11.3 Å². The number of hydrogen-bond donors (Lipinski definition) is 0. The maximum Gasteiger partial charge on any atom is 0.135 e. The second-order valence-corrected chi connectivity index (χ2v) is 8.56. The van der Waals surface area contributed by atoms with Crippen LogP contribution in [-0.2, 0) is 24.4 Å². The van der Waals surface area contributed by atoms with Crippen LogP contribution in [0.3, 0.4) is 0 Å². The van der Waals surface area contributed by atoms with Crippen LogP contribution in [-0.4, -0.2) is 33.1 Å². The van der Waals surface area contributed by atoms with E-state index in [2.05, 4.69) is 63.2 Å². The first kappa shape index (κ1) is 16.2. The first-order valence-electron chi connectivity index (χ1n) is 9.21. The van der Waals surface area contributed by atoms with Crippen molar-refractivity contribution in [1.29, 1.82) is 0 Å². The molecule has 3 aromatic rings. The minimum atomic E-state index is -0.0798. The summed E-state index contributed by atoms with van der Waals surface area (Å²) in [6, 6.07) is 13.0. The van der Waals surface area contributed by atoms with Crippen LogP contribution >= 0.6 is 11.3 Å². The van der Waals surface area contributed by atoms with Crippen molar-refractivity contribution >= 4 is 11.3 Å². The van der Waals surface area contributed by atoms with Crippen LogP contribution in [0.1, 0.15) is 22.7 Å². The molecule has 1 fully saturated rings. The van der Waals surface area contributed by atoms with E-state index in [1.165, 1.54) is 21.7 Å². The lowest BCUT2D eigenvalue weighted by atomic mass is 10.0. The van der Waals surface area contributed by atoms with Crippen LogP contribution in [0.15, 0.2) is 48.0 Å². The predicted molar refractivity (Wildman–Crippen MR) is 104 cm³/mol. The second-order valence-electron chi connectivity index (χ2n) is 7.53. The number of thiophene rings is 1. The zero-order valence-corrected chi connectivity index (χ0v) is 15.8. The molecule has 0 aliphatic carbocycles. The Morgan fingerprint density at radius 2 is 2.19 bits per heavy atom. The molecule has 0 amide bonds. The van der Waals surface area contributed by atoms with Gasteiger partial charge in [0.2, 0.25) is 0 Å². The van der Waals surface area contributed by atoms with Gasteiger partial charge in [-0.25, -0.2) is 4.98 Å². The number of fused-ring (bicyclic) bond motifs is 1. The molecule has 0 bridgehead atoms. The molecular weight excluding hydrogens is 342 g/mol. The van der Waals surface area contributed by atoms with Gasteiger partial charge in [0.1, 0.15) is 18.0 Å². The third kappa shape index (κ3) is 2.90. The van der Waals surface area contributed by atoms with Crippen LogP contribution in [0.4, 0.5) is 0 Å². The largest absolute Gasteiger partial charge is 0.364 e. The van der Waals surface area contributed by atoms with Crippen LogP contribution in [0.5, 0.6) is 0 Å². The van der Waals surface area contributed by atoms with E-state index < -0.39 is 0 Å². The molecule has 2 aliphatic heterocycles. The SMILES string of the molecule is Cc1cccc(-c2cnc3n2C[C@@]2(CCN(Cc4cccs4)C2)OC3)c1. The van der Waals surface area contributed by atoms with Crippen molar-refractivity contribution in [3.63, 3.8) is 0 Å². The number of nitrogens with zero attached hydrogens (tertiary/aromatic N) is 3. The molecular formula is C21H23N3OS. The number of imidazole rings is 1. The molecule has 5 rings (SSSR count). The number of aryl methyl sites for hydroxylation is 1. The minimum absolute atomic E-state index is 0.0798. The maximum absolute atomic E-state index is 6.35. The fourth-order valence-corrected chi connectivity index (χ4v) is 4.97. The Morgan fingerprint density at radius 3 is 3.04 bits per heavy atom. The van der Waals surface area contributed by atoms with E-state index in [4.69, 9.17) is 4.74 Å². The molecule has 0 radical (unpaired) electrons. The lowest BCUT2D eigenvalue weighted by molar-refractivity contribution is -0.0821. The molecule has 0 saturated carbocycles. The topological polar surface area (TPSA) is 30.3 Å². The predicted octanol–water partition coefficient (Wildman–Crippen LogP) is 4.09. The van der Waals surface area contributed by atoms with Gasteiger partial charge in [-0.2, -0.15) is 0 Å². The first-order chi connectivity index (χ1) is 12.7. The molecule has 1 spiro atoms. The van der Waals surface area contributed by atoms with Crippen molar-refractivity contribution in [2.24, 2.45) is 0 Å². The zero-order chi connectivity index (χ0) is 17.6. The molecule has 26 heavy (non-hydrogen) atoms. The van der Waals surface area contributed by atoms with E-state index in [-0.39, 0.29) is 5.60 Å². The lowest BCUT2D eigenvalue weighted by Crippen LogP contribution is -2.44. The van der Waals surface area contributed by atoms with Crippen LogP contribution in [0.2, 0.25) is 0 Å². The molecule has 1 saturated heterocycles. The monoisotopic (exact) mass is 365 g/mol. The molecule has 134 valence electrons. The van der Waals surface area contributed by atoms with Crippen molar-refractivity contribution < 1.29 is 4.74 Å². The van der Waals surface area contributed by atoms with Crippen LogP contribution < -0.4 is 0 Å². The highest BCUT2D eigenvalue weighted by Gasteiger charge is 2.43. The Kier molecular flexibility index (Phi) is 3.96. The lowest BCUT2D eigenvalue weighted by Gasteiger charge is -2.35. The minimum Gasteiger partial charge on any atom is -0.364 e. The normalized spacial score (nSPS) is 22.8. The summed E-state index contributed by atoms with van der Waals surface area (Å²) in [5.41, 5.74) is 3.66. The highest BCUT2D eigenvalue weighted by atomic mass is 32.1. The number of benzene rings is 1. The fraction of sp³-hybridized carbons (Fsp3) is 0.381. The van der Waals surface area contributed by atoms with Gasteiger partial charge in [0, 0.05) is 30.1 Å². The van der Waals surface area contributed by atoms with Crippen molar-refractivity contribution in [3.8, 4) is 11.3 Å². The summed E-state index contributed by atoms with van der Waals surface area (Å²) in [4.78, 5) is 8.58. The Balaban J connectivity index is 1.39. The molecule has 2 aromatic heterocycles. The summed E-state index contributed by atoms with van der Waals surface area (Å²) in [6.45, 7) is 6.77. The van der Waals surface area contributed by atoms with Gasteiger partial charge in [-0.1, -0.05) is 29.8 Å². The van der Waals surface area contributed by atoms with E-state index in [1.54, 1.807) is 0 Å². The van der Waals surface area contributed by atoms with E-state index in [1.807, 2.05) is 17.5 Å². The average molecular weight is 366 g/mol. The summed E-state index contributed by atoms with van der Waals surface area (Å²) >= 11 is 1.84. The number of rotatable bonds is 3. The van der Waals surface area contributed by atoms with Gasteiger partial charge in [0.15, 0.2) is 0 Å². The van der Waals surface area contributed by atoms with Gasteiger partial charge in [0.05, 0.1) is 18.4 Å². The molecule has 0 N–H and O–H groups in total. The molecule has 2 aliphatic rings. The van der Waals surface area contributed by atoms with Gasteiger partial charge in [-0.05, 0) is 30.9 Å². The third-order valence-corrected chi connectivity index (χ3v) is 6.42. The standard InChI is InChI=1S/C21H23N3OS/c1-16-4-2-5-17(10-16)19-11-22-20-13-25-21(15-24(19)20)7-8-23(14-21)12-18-6-3-9-26-18/h2-6,9-11H,7-8,12-15H2,1H3/t21-/m0/s1. The van der Waals surface area contributed by atoms with E-state index >= 15 is 0 Å². The summed E-state index contributed by atoms with van der Waals surface area (Å²) in [7, 11) is 0. The molecule has 4 heterocycles. The highest BCUT2D eigenvalue weighted by molar-refractivity contribution is 7.09. The van der Waals surface area contributed by atoms with Gasteiger partial charge in [-0.3, -0.25) is 4.90 Å². The Labute approximate surface area is 158 Å². The summed E-state index contributed by atoms with van der Waals surface area (Å²) in [6.07, 6.45) is 3.09. The Bertz CT molecular complexity index is 917. The number of likely N-dealkylation sites (tertiary alicyclic amines) is 1. The fourth-order valence-electron chi connectivity index (χ4n) is 4.22. The van der Waals surface area contributed by atoms with E-state index in [0.717, 1.165) is 38.4 Å². The highest BCUT2D eigenvalue weighted by Crippen LogP contribution is 2.36. The number of ether oxygens (including phenoxy) is 1. The zero-order valence-electron chi connectivity index (χ0n) is 15.0. The maximum atomic E-state index is 6.35. The quantitative estimate of drug-likeness (QED) is 0.700. The van der Waals surface area contributed by atoms with Gasteiger partial charge in [-0.15, -0.1) is 11.3 Å². The van der Waals surface area contributed by atoms with E-state index in [9.17, 15) is 0 Å². The van der Waals surface area contributed by atoms with E-state index in [0.29, 0.717) is 6.61 Å². The third-order valence-electron chi connectivity index (χ3n) is 5.56. The molecule has 0 unspecified atom stereocenters. The van der Waals surface area contributed by atoms with Crippen molar-refractivity contribution in [2.45, 2.75) is 38.6 Å². The van der Waals surface area contributed by atoms with Crippen molar-refractivity contribution in [3.05, 3.63) is 64.2 Å². The summed E-state index contributed by atoms with van der Waals surface area (Å²) < 4.78 is 8.74. The summed E-state index contributed by atoms with van der Waals surface area (Å²) in [5.74, 6) is 1.05. The van der Waals surface area contributed by atoms with Crippen molar-refractivity contribution in [2.75, 3.05) is 13.1 Å². The smallest absolute Gasteiger partial charge is 0.135 e. The Morgan fingerprint density at radius 1 is 1.23 bits per heavy atom. The average Bonchev–Trinajstić information content (AvgIpc) is 3.36. The van der Waals surface area contributed by atoms with Gasteiger partial charge >= 0.3 is 0 Å². The van der Waals surface area contributed by atoms with Gasteiger partial charge in [0.25, 0.3) is 0 Å². The molecule has 4 nitrogen and oxygen atoms in total. The van der Waals surface area contributed by atoms with Gasteiger partial charge < -0.3 is 9.30 Å². The molecule has 1 aromatic carbocycles. The number of aromatic nitrogens is 2.